The number of hydrogen-bond acceptors (Lipinski definition) is 5. The second-order valence-electron chi connectivity index (χ2n) is 5.76. The van der Waals surface area contributed by atoms with E-state index in [1.165, 1.54) is 0 Å². The number of nitrogens with zero attached hydrogens (tertiary/aromatic N) is 1. The Morgan fingerprint density at radius 3 is 2.88 bits per heavy atom. The second-order valence-corrected chi connectivity index (χ2v) is 7.60. The molecule has 1 amide bonds. The van der Waals surface area contributed by atoms with Gasteiger partial charge in [0.2, 0.25) is 10.0 Å². The van der Waals surface area contributed by atoms with Gasteiger partial charge in [0.1, 0.15) is 5.76 Å². The molecule has 1 aliphatic heterocycles. The van der Waals surface area contributed by atoms with E-state index in [0.717, 1.165) is 30.3 Å². The van der Waals surface area contributed by atoms with E-state index >= 15 is 0 Å². The van der Waals surface area contributed by atoms with E-state index in [0.29, 0.717) is 18.0 Å². The van der Waals surface area contributed by atoms with Gasteiger partial charge < -0.3 is 15.1 Å². The van der Waals surface area contributed by atoms with Gasteiger partial charge in [-0.05, 0) is 42.7 Å². The number of nitrogen functional groups attached to an aromatic ring is 1. The summed E-state index contributed by atoms with van der Waals surface area (Å²) in [4.78, 5) is 14.4. The van der Waals surface area contributed by atoms with Gasteiger partial charge >= 0.3 is 0 Å². The van der Waals surface area contributed by atoms with Gasteiger partial charge in [-0.3, -0.25) is 4.79 Å². The molecule has 0 spiro atoms. The number of hydrogen-bond donors (Lipinski definition) is 2. The minimum Gasteiger partial charge on any atom is -0.455 e. The van der Waals surface area contributed by atoms with Crippen molar-refractivity contribution in [3.8, 4) is 0 Å². The Labute approximate surface area is 140 Å². The summed E-state index contributed by atoms with van der Waals surface area (Å²) in [5.74, 6) is 0.302. The smallest absolute Gasteiger partial charge is 0.293 e. The summed E-state index contributed by atoms with van der Waals surface area (Å²) >= 11 is 0. The Bertz CT molecular complexity index is 873. The fraction of sp³-hybridized carbons (Fsp3) is 0.312. The molecule has 0 bridgehead atoms. The number of fused-ring (bicyclic) bond motifs is 1. The lowest BCUT2D eigenvalue weighted by Gasteiger charge is -2.29. The average Bonchev–Trinajstić information content (AvgIpc) is 3.01. The quantitative estimate of drug-likeness (QED) is 0.814. The minimum absolute atomic E-state index is 0.00957. The summed E-state index contributed by atoms with van der Waals surface area (Å²) in [6, 6.07) is 8.67. The normalized spacial score (nSPS) is 14.5. The van der Waals surface area contributed by atoms with Gasteiger partial charge in [0.05, 0.1) is 12.8 Å². The van der Waals surface area contributed by atoms with E-state index < -0.39 is 10.0 Å². The third kappa shape index (κ3) is 3.44. The lowest BCUT2D eigenvalue weighted by Crippen LogP contribution is -2.35. The second kappa shape index (κ2) is 6.29. The number of nitrogens with one attached hydrogen (secondary N) is 1. The summed E-state index contributed by atoms with van der Waals surface area (Å²) in [5, 5.41) is 0. The van der Waals surface area contributed by atoms with Gasteiger partial charge in [0.15, 0.2) is 5.76 Å². The molecule has 0 saturated carbocycles. The van der Waals surface area contributed by atoms with Crippen LogP contribution in [0.25, 0.3) is 0 Å². The zero-order valence-electron chi connectivity index (χ0n) is 13.3. The number of benzene rings is 1. The first-order chi connectivity index (χ1) is 11.3. The highest BCUT2D eigenvalue weighted by Gasteiger charge is 2.26. The molecule has 3 N–H and O–H groups in total. The fourth-order valence-electron chi connectivity index (χ4n) is 2.79. The molecule has 0 atom stereocenters. The van der Waals surface area contributed by atoms with Crippen LogP contribution < -0.4 is 15.4 Å². The van der Waals surface area contributed by atoms with E-state index in [4.69, 9.17) is 10.2 Å². The van der Waals surface area contributed by atoms with Crippen LogP contribution >= 0.6 is 0 Å². The van der Waals surface area contributed by atoms with Crippen molar-refractivity contribution in [1.82, 2.24) is 4.72 Å². The molecule has 1 aromatic carbocycles. The van der Waals surface area contributed by atoms with Gasteiger partial charge in [0.25, 0.3) is 5.91 Å². The van der Waals surface area contributed by atoms with Gasteiger partial charge in [-0.25, -0.2) is 13.1 Å². The third-order valence-corrected chi connectivity index (χ3v) is 4.58. The number of sulfonamides is 1. The summed E-state index contributed by atoms with van der Waals surface area (Å²) in [6.45, 7) is 0.600. The predicted octanol–water partition coefficient (Wildman–Crippen LogP) is 1.50. The molecular weight excluding hydrogens is 330 g/mol. The molecule has 2 heterocycles. The van der Waals surface area contributed by atoms with Crippen molar-refractivity contribution in [2.24, 2.45) is 0 Å². The highest BCUT2D eigenvalue weighted by atomic mass is 32.2. The van der Waals surface area contributed by atoms with Crippen LogP contribution in [0.2, 0.25) is 0 Å². The molecule has 0 aliphatic carbocycles. The molecular formula is C16H19N3O4S. The molecule has 128 valence electrons. The number of amides is 1. The number of nitrogens with two attached hydrogens (primary N) is 1. The molecule has 1 aromatic heterocycles. The lowest BCUT2D eigenvalue weighted by atomic mass is 9.99. The largest absolute Gasteiger partial charge is 0.455 e. The van der Waals surface area contributed by atoms with Crippen LogP contribution in [0, 0.1) is 0 Å². The molecule has 7 nitrogen and oxygen atoms in total. The number of carbonyl (C=O) groups excluding carboxylic acids is 1. The molecule has 3 rings (SSSR count). The maximum Gasteiger partial charge on any atom is 0.293 e. The van der Waals surface area contributed by atoms with Crippen LogP contribution in [-0.2, 0) is 23.0 Å². The van der Waals surface area contributed by atoms with Crippen LogP contribution in [-0.4, -0.2) is 27.1 Å². The van der Waals surface area contributed by atoms with Gasteiger partial charge in [0, 0.05) is 17.9 Å². The standard InChI is InChI=1S/C16H19N3O4S/c1-24(21,22)18-10-11-7-8-15(23-11)16(20)19-9-3-4-12-13(17)5-2-6-14(12)19/h2,5-8,18H,3-4,9-10,17H2,1H3. The van der Waals surface area contributed by atoms with E-state index in [9.17, 15) is 13.2 Å². The van der Waals surface area contributed by atoms with E-state index in [2.05, 4.69) is 4.72 Å². The fourth-order valence-corrected chi connectivity index (χ4v) is 3.19. The van der Waals surface area contributed by atoms with Gasteiger partial charge in [-0.1, -0.05) is 6.07 Å². The maximum absolute atomic E-state index is 12.7. The monoisotopic (exact) mass is 349 g/mol. The Morgan fingerprint density at radius 2 is 2.12 bits per heavy atom. The first-order valence-electron chi connectivity index (χ1n) is 7.58. The van der Waals surface area contributed by atoms with Crippen molar-refractivity contribution in [3.63, 3.8) is 0 Å². The first-order valence-corrected chi connectivity index (χ1v) is 9.47. The molecule has 2 aromatic rings. The minimum atomic E-state index is -3.32. The van der Waals surface area contributed by atoms with Crippen molar-refractivity contribution >= 4 is 27.3 Å². The van der Waals surface area contributed by atoms with Crippen molar-refractivity contribution < 1.29 is 17.6 Å². The Hall–Kier alpha value is -2.32. The number of furan rings is 1. The highest BCUT2D eigenvalue weighted by molar-refractivity contribution is 7.88. The third-order valence-electron chi connectivity index (χ3n) is 3.91. The molecule has 24 heavy (non-hydrogen) atoms. The van der Waals surface area contributed by atoms with Crippen molar-refractivity contribution in [3.05, 3.63) is 47.4 Å². The van der Waals surface area contributed by atoms with Crippen LogP contribution in [0.1, 0.15) is 28.3 Å². The summed E-state index contributed by atoms with van der Waals surface area (Å²) in [7, 11) is -3.32. The summed E-state index contributed by atoms with van der Waals surface area (Å²) in [6.07, 6.45) is 2.74. The first kappa shape index (κ1) is 16.5. The van der Waals surface area contributed by atoms with Crippen LogP contribution in [0.4, 0.5) is 11.4 Å². The Kier molecular flexibility index (Phi) is 4.33. The zero-order valence-corrected chi connectivity index (χ0v) is 14.1. The van der Waals surface area contributed by atoms with E-state index in [1.807, 2.05) is 18.2 Å². The van der Waals surface area contributed by atoms with Gasteiger partial charge in [-0.2, -0.15) is 0 Å². The number of rotatable bonds is 4. The summed E-state index contributed by atoms with van der Waals surface area (Å²) in [5.41, 5.74) is 8.46. The molecule has 0 unspecified atom stereocenters. The number of carbonyl (C=O) groups is 1. The average molecular weight is 349 g/mol. The van der Waals surface area contributed by atoms with Crippen molar-refractivity contribution in [1.29, 1.82) is 0 Å². The molecule has 1 aliphatic rings. The predicted molar refractivity (Wildman–Crippen MR) is 91.2 cm³/mol. The van der Waals surface area contributed by atoms with E-state index in [1.54, 1.807) is 17.0 Å². The molecule has 8 heteroatoms. The SMILES string of the molecule is CS(=O)(=O)NCc1ccc(C(=O)N2CCCc3c(N)cccc32)o1. The van der Waals surface area contributed by atoms with Crippen molar-refractivity contribution in [2.75, 3.05) is 23.4 Å². The Balaban J connectivity index is 1.81. The van der Waals surface area contributed by atoms with Crippen molar-refractivity contribution in [2.45, 2.75) is 19.4 Å². The summed E-state index contributed by atoms with van der Waals surface area (Å²) < 4.78 is 30.1. The van der Waals surface area contributed by atoms with E-state index in [-0.39, 0.29) is 18.2 Å². The number of anilines is 2. The lowest BCUT2D eigenvalue weighted by molar-refractivity contribution is 0.0956. The topological polar surface area (TPSA) is 106 Å². The van der Waals surface area contributed by atoms with Crippen LogP contribution in [0.3, 0.4) is 0 Å². The molecule has 0 radical (unpaired) electrons. The van der Waals surface area contributed by atoms with Crippen LogP contribution in [0.5, 0.6) is 0 Å². The molecule has 0 saturated heterocycles. The van der Waals surface area contributed by atoms with Gasteiger partial charge in [-0.15, -0.1) is 0 Å². The highest BCUT2D eigenvalue weighted by Crippen LogP contribution is 2.32. The zero-order chi connectivity index (χ0) is 17.3. The van der Waals surface area contributed by atoms with Crippen LogP contribution in [0.15, 0.2) is 34.7 Å². The maximum atomic E-state index is 12.7. The molecule has 0 fully saturated rings. The Morgan fingerprint density at radius 1 is 1.33 bits per heavy atom.